The van der Waals surface area contributed by atoms with Gasteiger partial charge in [0.15, 0.2) is 10.2 Å². The molecule has 0 aromatic heterocycles. The van der Waals surface area contributed by atoms with Crippen molar-refractivity contribution in [3.05, 3.63) is 29.8 Å². The third kappa shape index (κ3) is 6.32. The molecule has 0 bridgehead atoms. The lowest BCUT2D eigenvalue weighted by molar-refractivity contribution is 0.224. The van der Waals surface area contributed by atoms with Crippen LogP contribution in [-0.2, 0) is 6.54 Å². The Balaban J connectivity index is 1.67. The topological polar surface area (TPSA) is 57.4 Å². The smallest absolute Gasteiger partial charge is 0.185 e. The molecule has 0 saturated heterocycles. The standard InChI is InChI=1S/C18H28N4OS2/c1-12-5-4-6-16(13(12)2)20-18(25)22-21-17(24)19-11-14-7-9-15(23-3)10-8-14/h7-10,12-13,16H,4-6,11H2,1-3H3,(H2,19,21,24)(H2,20,22,25)/t12-,13+,16+/m0/s1. The van der Waals surface area contributed by atoms with Crippen LogP contribution in [0.2, 0.25) is 0 Å². The summed E-state index contributed by atoms with van der Waals surface area (Å²) in [5.74, 6) is 2.19. The van der Waals surface area contributed by atoms with Gasteiger partial charge in [-0.3, -0.25) is 10.9 Å². The first kappa shape index (κ1) is 19.7. The van der Waals surface area contributed by atoms with Crippen LogP contribution in [0.15, 0.2) is 24.3 Å². The second-order valence-corrected chi connectivity index (χ2v) is 7.44. The van der Waals surface area contributed by atoms with E-state index in [0.717, 1.165) is 23.7 Å². The maximum Gasteiger partial charge on any atom is 0.185 e. The van der Waals surface area contributed by atoms with Crippen molar-refractivity contribution in [1.29, 1.82) is 0 Å². The van der Waals surface area contributed by atoms with Crippen molar-refractivity contribution in [2.75, 3.05) is 7.11 Å². The first-order valence-corrected chi connectivity index (χ1v) is 9.54. The average Bonchev–Trinajstić information content (AvgIpc) is 2.62. The van der Waals surface area contributed by atoms with Crippen molar-refractivity contribution >= 4 is 34.7 Å². The Kier molecular flexibility index (Phi) is 7.71. The first-order valence-electron chi connectivity index (χ1n) is 8.73. The molecule has 0 spiro atoms. The van der Waals surface area contributed by atoms with Crippen LogP contribution in [0.1, 0.15) is 38.7 Å². The fraction of sp³-hybridized carbons (Fsp3) is 0.556. The molecule has 3 atom stereocenters. The van der Waals surface area contributed by atoms with E-state index in [-0.39, 0.29) is 0 Å². The predicted molar refractivity (Wildman–Crippen MR) is 110 cm³/mol. The van der Waals surface area contributed by atoms with E-state index in [9.17, 15) is 0 Å². The lowest BCUT2D eigenvalue weighted by Crippen LogP contribution is -2.54. The molecule has 1 fully saturated rings. The van der Waals surface area contributed by atoms with Crippen LogP contribution in [0.5, 0.6) is 5.75 Å². The summed E-state index contributed by atoms with van der Waals surface area (Å²) in [5.41, 5.74) is 7.02. The summed E-state index contributed by atoms with van der Waals surface area (Å²) in [6, 6.07) is 8.28. The van der Waals surface area contributed by atoms with Gasteiger partial charge in [-0.15, -0.1) is 0 Å². The van der Waals surface area contributed by atoms with Crippen molar-refractivity contribution in [2.24, 2.45) is 11.8 Å². The highest BCUT2D eigenvalue weighted by Crippen LogP contribution is 2.29. The number of hydrogen-bond donors (Lipinski definition) is 4. The monoisotopic (exact) mass is 380 g/mol. The second-order valence-electron chi connectivity index (χ2n) is 6.63. The minimum absolute atomic E-state index is 0.423. The van der Waals surface area contributed by atoms with Crippen LogP contribution in [0.3, 0.4) is 0 Å². The highest BCUT2D eigenvalue weighted by Gasteiger charge is 2.27. The number of benzene rings is 1. The number of hydrazine groups is 1. The van der Waals surface area contributed by atoms with E-state index < -0.39 is 0 Å². The lowest BCUT2D eigenvalue weighted by atomic mass is 9.78. The largest absolute Gasteiger partial charge is 0.497 e. The van der Waals surface area contributed by atoms with Gasteiger partial charge in [0.1, 0.15) is 5.75 Å². The van der Waals surface area contributed by atoms with Gasteiger partial charge < -0.3 is 15.4 Å². The third-order valence-corrected chi connectivity index (χ3v) is 5.39. The van der Waals surface area contributed by atoms with Crippen LogP contribution < -0.4 is 26.2 Å². The predicted octanol–water partition coefficient (Wildman–Crippen LogP) is 2.86. The molecule has 2 rings (SSSR count). The fourth-order valence-electron chi connectivity index (χ4n) is 3.07. The molecule has 1 aromatic rings. The molecule has 0 unspecified atom stereocenters. The molecule has 1 aliphatic carbocycles. The highest BCUT2D eigenvalue weighted by molar-refractivity contribution is 7.80. The van der Waals surface area contributed by atoms with Crippen molar-refractivity contribution in [3.8, 4) is 5.75 Å². The Labute approximate surface area is 161 Å². The summed E-state index contributed by atoms with van der Waals surface area (Å²) >= 11 is 10.6. The van der Waals surface area contributed by atoms with E-state index >= 15 is 0 Å². The number of thiocarbonyl (C=S) groups is 2. The molecule has 25 heavy (non-hydrogen) atoms. The molecule has 0 aliphatic heterocycles. The van der Waals surface area contributed by atoms with E-state index in [4.69, 9.17) is 29.2 Å². The lowest BCUT2D eigenvalue weighted by Gasteiger charge is -2.35. The Hall–Kier alpha value is -1.60. The van der Waals surface area contributed by atoms with Gasteiger partial charge in [-0.1, -0.05) is 38.8 Å². The maximum atomic E-state index is 5.36. The number of methoxy groups -OCH3 is 1. The molecule has 0 radical (unpaired) electrons. The van der Waals surface area contributed by atoms with Gasteiger partial charge in [-0.05, 0) is 60.4 Å². The summed E-state index contributed by atoms with van der Waals surface area (Å²) in [6.45, 7) is 5.24. The van der Waals surface area contributed by atoms with Gasteiger partial charge in [0.05, 0.1) is 7.11 Å². The minimum atomic E-state index is 0.423. The summed E-state index contributed by atoms with van der Waals surface area (Å²) in [5, 5.41) is 7.63. The zero-order chi connectivity index (χ0) is 18.2. The number of ether oxygens (including phenoxy) is 1. The van der Waals surface area contributed by atoms with Gasteiger partial charge in [-0.25, -0.2) is 0 Å². The molecule has 1 saturated carbocycles. The molecular formula is C18H28N4OS2. The second kappa shape index (κ2) is 9.77. The zero-order valence-corrected chi connectivity index (χ0v) is 16.7. The van der Waals surface area contributed by atoms with Gasteiger partial charge in [-0.2, -0.15) is 0 Å². The van der Waals surface area contributed by atoms with Gasteiger partial charge in [0.2, 0.25) is 0 Å². The number of rotatable bonds is 4. The van der Waals surface area contributed by atoms with Gasteiger partial charge >= 0.3 is 0 Å². The van der Waals surface area contributed by atoms with Crippen molar-refractivity contribution in [2.45, 2.75) is 45.7 Å². The quantitative estimate of drug-likeness (QED) is 0.473. The Morgan fingerprint density at radius 3 is 2.44 bits per heavy atom. The molecule has 0 heterocycles. The number of nitrogens with one attached hydrogen (secondary N) is 4. The van der Waals surface area contributed by atoms with Crippen molar-refractivity contribution in [1.82, 2.24) is 21.5 Å². The minimum Gasteiger partial charge on any atom is -0.497 e. The fourth-order valence-corrected chi connectivity index (χ4v) is 3.40. The SMILES string of the molecule is COc1ccc(CNC(=S)NNC(=S)N[C@@H]2CCC[C@H](C)[C@H]2C)cc1. The first-order chi connectivity index (χ1) is 12.0. The van der Waals surface area contributed by atoms with E-state index in [1.165, 1.54) is 12.8 Å². The summed E-state index contributed by atoms with van der Waals surface area (Å²) in [6.07, 6.45) is 3.71. The van der Waals surface area contributed by atoms with E-state index in [0.29, 0.717) is 28.7 Å². The Bertz CT molecular complexity index is 579. The molecular weight excluding hydrogens is 352 g/mol. The molecule has 4 N–H and O–H groups in total. The van der Waals surface area contributed by atoms with E-state index in [1.807, 2.05) is 24.3 Å². The molecule has 138 valence electrons. The van der Waals surface area contributed by atoms with Crippen LogP contribution in [0.25, 0.3) is 0 Å². The molecule has 7 heteroatoms. The van der Waals surface area contributed by atoms with Crippen molar-refractivity contribution in [3.63, 3.8) is 0 Å². The molecule has 0 amide bonds. The normalized spacial score (nSPS) is 22.6. The van der Waals surface area contributed by atoms with Crippen LogP contribution in [-0.4, -0.2) is 23.4 Å². The van der Waals surface area contributed by atoms with Crippen molar-refractivity contribution < 1.29 is 4.74 Å². The van der Waals surface area contributed by atoms with E-state index in [1.54, 1.807) is 7.11 Å². The number of hydrogen-bond acceptors (Lipinski definition) is 3. The molecule has 1 aliphatic rings. The Morgan fingerprint density at radius 1 is 1.08 bits per heavy atom. The third-order valence-electron chi connectivity index (χ3n) is 4.93. The maximum absolute atomic E-state index is 5.36. The average molecular weight is 381 g/mol. The van der Waals surface area contributed by atoms with Crippen LogP contribution in [0.4, 0.5) is 0 Å². The highest BCUT2D eigenvalue weighted by atomic mass is 32.1. The van der Waals surface area contributed by atoms with Crippen LogP contribution in [0, 0.1) is 11.8 Å². The molecule has 5 nitrogen and oxygen atoms in total. The van der Waals surface area contributed by atoms with Crippen LogP contribution >= 0.6 is 24.4 Å². The Morgan fingerprint density at radius 2 is 1.76 bits per heavy atom. The molecule has 1 aromatic carbocycles. The summed E-state index contributed by atoms with van der Waals surface area (Å²) in [7, 11) is 1.66. The van der Waals surface area contributed by atoms with Gasteiger partial charge in [0.25, 0.3) is 0 Å². The zero-order valence-electron chi connectivity index (χ0n) is 15.1. The van der Waals surface area contributed by atoms with Gasteiger partial charge in [0, 0.05) is 12.6 Å². The van der Waals surface area contributed by atoms with E-state index in [2.05, 4.69) is 35.3 Å². The summed E-state index contributed by atoms with van der Waals surface area (Å²) in [4.78, 5) is 0. The summed E-state index contributed by atoms with van der Waals surface area (Å²) < 4.78 is 5.15.